The fraction of sp³-hybridized carbons (Fsp3) is 0.500. The molecule has 1 amide bonds. The van der Waals surface area contributed by atoms with Gasteiger partial charge in [-0.15, -0.1) is 0 Å². The van der Waals surface area contributed by atoms with E-state index in [1.165, 1.54) is 29.2 Å². The van der Waals surface area contributed by atoms with E-state index < -0.39 is 27.6 Å². The van der Waals surface area contributed by atoms with Gasteiger partial charge in [0.25, 0.3) is 0 Å². The molecule has 26 heavy (non-hydrogen) atoms. The highest BCUT2D eigenvalue weighted by Gasteiger charge is 2.34. The number of amides is 1. The molecule has 144 valence electrons. The first-order chi connectivity index (χ1) is 12.0. The van der Waals surface area contributed by atoms with Gasteiger partial charge in [-0.1, -0.05) is 6.07 Å². The summed E-state index contributed by atoms with van der Waals surface area (Å²) in [5.74, 6) is -0.785. The van der Waals surface area contributed by atoms with Crippen LogP contribution in [0, 0.1) is 0 Å². The second-order valence-corrected chi connectivity index (χ2v) is 9.28. The summed E-state index contributed by atoms with van der Waals surface area (Å²) in [6, 6.07) is 3.61. The van der Waals surface area contributed by atoms with Gasteiger partial charge in [-0.25, -0.2) is 13.2 Å². The number of hydrogen-bond acceptors (Lipinski definition) is 6. The Kier molecular flexibility index (Phi) is 5.85. The normalized spacial score (nSPS) is 18.4. The van der Waals surface area contributed by atoms with Crippen molar-refractivity contribution < 1.29 is 28.2 Å². The van der Waals surface area contributed by atoms with Gasteiger partial charge in [0.15, 0.2) is 21.3 Å². The highest BCUT2D eigenvalue weighted by Crippen LogP contribution is 2.26. The third kappa shape index (κ3) is 5.66. The van der Waals surface area contributed by atoms with Gasteiger partial charge in [-0.3, -0.25) is 0 Å². The van der Waals surface area contributed by atoms with E-state index in [1.54, 1.807) is 20.8 Å². The van der Waals surface area contributed by atoms with Crippen LogP contribution in [-0.2, 0) is 14.6 Å². The largest absolute Gasteiger partial charge is 0.504 e. The molecule has 0 radical (unpaired) electrons. The number of likely N-dealkylation sites (tertiary alicyclic amines) is 1. The number of nitrogens with zero attached hydrogens (tertiary/aromatic N) is 1. The summed E-state index contributed by atoms with van der Waals surface area (Å²) in [5.41, 5.74) is -0.191. The second-order valence-electron chi connectivity index (χ2n) is 7.35. The molecule has 1 aromatic rings. The molecule has 1 aliphatic rings. The van der Waals surface area contributed by atoms with Crippen LogP contribution < -0.4 is 0 Å². The van der Waals surface area contributed by atoms with E-state index >= 15 is 0 Å². The number of carbonyl (C=O) groups is 1. The van der Waals surface area contributed by atoms with E-state index in [0.717, 1.165) is 11.8 Å². The Morgan fingerprint density at radius 2 is 2.00 bits per heavy atom. The van der Waals surface area contributed by atoms with Gasteiger partial charge < -0.3 is 19.8 Å². The van der Waals surface area contributed by atoms with Crippen molar-refractivity contribution in [1.82, 2.24) is 4.90 Å². The van der Waals surface area contributed by atoms with Crippen molar-refractivity contribution in [3.05, 3.63) is 29.2 Å². The Labute approximate surface area is 153 Å². The molecule has 2 rings (SSSR count). The first-order valence-electron chi connectivity index (χ1n) is 8.39. The Morgan fingerprint density at radius 1 is 1.31 bits per heavy atom. The van der Waals surface area contributed by atoms with Gasteiger partial charge in [0.1, 0.15) is 5.60 Å². The first kappa shape index (κ1) is 20.1. The lowest BCUT2D eigenvalue weighted by Crippen LogP contribution is -2.42. The maximum atomic E-state index is 12.4. The molecule has 0 aromatic heterocycles. The number of hydrogen-bond donors (Lipinski definition) is 2. The standard InChI is InChI=1S/C18H25NO6S/c1-18(2,3)25-17(22)19-9-4-5-14(19)12-26(23,24)10-8-13-6-7-15(20)16(21)11-13/h6-8,10-11,14,20-21H,4-5,9,12H2,1-3H3/b10-8+. The average molecular weight is 383 g/mol. The van der Waals surface area contributed by atoms with Gasteiger partial charge in [0.05, 0.1) is 5.75 Å². The summed E-state index contributed by atoms with van der Waals surface area (Å²) < 4.78 is 30.1. The Balaban J connectivity index is 2.06. The molecule has 0 bridgehead atoms. The van der Waals surface area contributed by atoms with Crippen molar-refractivity contribution >= 4 is 22.0 Å². The maximum absolute atomic E-state index is 12.4. The van der Waals surface area contributed by atoms with E-state index in [4.69, 9.17) is 4.74 Å². The smallest absolute Gasteiger partial charge is 0.410 e. The summed E-state index contributed by atoms with van der Waals surface area (Å²) in [6.45, 7) is 5.78. The maximum Gasteiger partial charge on any atom is 0.410 e. The number of aromatic hydroxyl groups is 2. The summed E-state index contributed by atoms with van der Waals surface area (Å²) in [5, 5.41) is 19.8. The van der Waals surface area contributed by atoms with Crippen molar-refractivity contribution in [1.29, 1.82) is 0 Å². The monoisotopic (exact) mass is 383 g/mol. The molecule has 0 spiro atoms. The zero-order chi connectivity index (χ0) is 19.5. The van der Waals surface area contributed by atoms with Gasteiger partial charge in [-0.2, -0.15) is 0 Å². The number of rotatable bonds is 4. The zero-order valence-electron chi connectivity index (χ0n) is 15.2. The van der Waals surface area contributed by atoms with E-state index in [9.17, 15) is 23.4 Å². The summed E-state index contributed by atoms with van der Waals surface area (Å²) in [4.78, 5) is 13.7. The zero-order valence-corrected chi connectivity index (χ0v) is 16.0. The molecule has 7 nitrogen and oxygen atoms in total. The van der Waals surface area contributed by atoms with Crippen molar-refractivity contribution in [3.8, 4) is 11.5 Å². The number of benzene rings is 1. The second kappa shape index (κ2) is 7.57. The molecule has 8 heteroatoms. The van der Waals surface area contributed by atoms with Crippen LogP contribution >= 0.6 is 0 Å². The quantitative estimate of drug-likeness (QED) is 0.775. The van der Waals surface area contributed by atoms with Crippen molar-refractivity contribution in [2.45, 2.75) is 45.3 Å². The van der Waals surface area contributed by atoms with Gasteiger partial charge in [-0.05, 0) is 57.4 Å². The first-order valence-corrected chi connectivity index (χ1v) is 10.1. The van der Waals surface area contributed by atoms with Crippen molar-refractivity contribution in [2.75, 3.05) is 12.3 Å². The van der Waals surface area contributed by atoms with Crippen LogP contribution in [-0.4, -0.2) is 53.6 Å². The fourth-order valence-electron chi connectivity index (χ4n) is 2.72. The molecule has 1 aromatic carbocycles. The number of phenols is 2. The summed E-state index contributed by atoms with van der Waals surface area (Å²) >= 11 is 0. The molecule has 2 N–H and O–H groups in total. The fourth-order valence-corrected chi connectivity index (χ4v) is 4.08. The molecule has 1 heterocycles. The molecule has 1 unspecified atom stereocenters. The third-order valence-corrected chi connectivity index (χ3v) is 5.30. The van der Waals surface area contributed by atoms with Crippen LogP contribution in [0.3, 0.4) is 0 Å². The lowest BCUT2D eigenvalue weighted by atomic mass is 10.2. The molecular weight excluding hydrogens is 358 g/mol. The van der Waals surface area contributed by atoms with Crippen LogP contribution in [0.2, 0.25) is 0 Å². The van der Waals surface area contributed by atoms with Crippen molar-refractivity contribution in [2.24, 2.45) is 0 Å². The minimum Gasteiger partial charge on any atom is -0.504 e. The van der Waals surface area contributed by atoms with Gasteiger partial charge in [0, 0.05) is 18.0 Å². The number of carbonyl (C=O) groups excluding carboxylic acids is 1. The Hall–Kier alpha value is -2.22. The summed E-state index contributed by atoms with van der Waals surface area (Å²) in [7, 11) is -3.57. The van der Waals surface area contributed by atoms with Crippen LogP contribution in [0.4, 0.5) is 4.79 Å². The highest BCUT2D eigenvalue weighted by atomic mass is 32.2. The lowest BCUT2D eigenvalue weighted by Gasteiger charge is -2.28. The minimum absolute atomic E-state index is 0.188. The highest BCUT2D eigenvalue weighted by molar-refractivity contribution is 7.94. The molecular formula is C18H25NO6S. The van der Waals surface area contributed by atoms with Crippen LogP contribution in [0.25, 0.3) is 6.08 Å². The molecule has 1 aliphatic heterocycles. The Morgan fingerprint density at radius 3 is 2.62 bits per heavy atom. The third-order valence-electron chi connectivity index (χ3n) is 3.90. The number of ether oxygens (including phenoxy) is 1. The topological polar surface area (TPSA) is 104 Å². The number of phenolic OH excluding ortho intramolecular Hbond substituents is 2. The van der Waals surface area contributed by atoms with E-state index in [2.05, 4.69) is 0 Å². The van der Waals surface area contributed by atoms with Crippen LogP contribution in [0.15, 0.2) is 23.6 Å². The molecule has 1 fully saturated rings. The average Bonchev–Trinajstić information content (AvgIpc) is 2.94. The predicted octanol–water partition coefficient (Wildman–Crippen LogP) is 2.88. The lowest BCUT2D eigenvalue weighted by molar-refractivity contribution is 0.0241. The molecule has 0 saturated carbocycles. The molecule has 1 saturated heterocycles. The van der Waals surface area contributed by atoms with E-state index in [-0.39, 0.29) is 17.3 Å². The van der Waals surface area contributed by atoms with Gasteiger partial charge >= 0.3 is 6.09 Å². The SMILES string of the molecule is CC(C)(C)OC(=O)N1CCCC1CS(=O)(=O)/C=C/c1ccc(O)c(O)c1. The van der Waals surface area contributed by atoms with Gasteiger partial charge in [0.2, 0.25) is 0 Å². The summed E-state index contributed by atoms with van der Waals surface area (Å²) in [6.07, 6.45) is 2.19. The van der Waals surface area contributed by atoms with Crippen molar-refractivity contribution in [3.63, 3.8) is 0 Å². The molecule has 0 aliphatic carbocycles. The minimum atomic E-state index is -3.57. The Bertz CT molecular complexity index is 794. The molecule has 1 atom stereocenters. The number of sulfone groups is 1. The van der Waals surface area contributed by atoms with E-state index in [0.29, 0.717) is 18.5 Å². The van der Waals surface area contributed by atoms with E-state index in [1.807, 2.05) is 0 Å². The van der Waals surface area contributed by atoms with Crippen LogP contribution in [0.1, 0.15) is 39.2 Å². The predicted molar refractivity (Wildman–Crippen MR) is 98.6 cm³/mol. The van der Waals surface area contributed by atoms with Crippen LogP contribution in [0.5, 0.6) is 11.5 Å².